The van der Waals surface area contributed by atoms with Crippen molar-refractivity contribution in [1.29, 1.82) is 0 Å². The lowest BCUT2D eigenvalue weighted by atomic mass is 10.2. The van der Waals surface area contributed by atoms with Crippen LogP contribution in [0.3, 0.4) is 0 Å². The van der Waals surface area contributed by atoms with E-state index in [9.17, 15) is 9.18 Å². The number of amides is 1. The summed E-state index contributed by atoms with van der Waals surface area (Å²) in [5.41, 5.74) is 1.19. The Kier molecular flexibility index (Phi) is 7.32. The fourth-order valence-corrected chi connectivity index (χ4v) is 4.55. The molecule has 33 heavy (non-hydrogen) atoms. The van der Waals surface area contributed by atoms with E-state index in [1.165, 1.54) is 23.5 Å². The number of para-hydroxylation sites is 1. The molecule has 0 bridgehead atoms. The van der Waals surface area contributed by atoms with Gasteiger partial charge < -0.3 is 9.64 Å². The van der Waals surface area contributed by atoms with Gasteiger partial charge in [-0.15, -0.1) is 0 Å². The van der Waals surface area contributed by atoms with Crippen molar-refractivity contribution in [3.63, 3.8) is 0 Å². The first-order valence-electron chi connectivity index (χ1n) is 11.0. The molecule has 5 nitrogen and oxygen atoms in total. The molecule has 0 N–H and O–H groups in total. The Bertz CT molecular complexity index is 1220. The smallest absolute Gasteiger partial charge is 0.260 e. The molecular weight excluding hydrogens is 437 g/mol. The monoisotopic (exact) mass is 463 g/mol. The fourth-order valence-electron chi connectivity index (χ4n) is 3.54. The first kappa shape index (κ1) is 22.9. The second-order valence-electron chi connectivity index (χ2n) is 7.54. The highest BCUT2D eigenvalue weighted by Crippen LogP contribution is 2.31. The van der Waals surface area contributed by atoms with Gasteiger partial charge in [-0.05, 0) is 61.6 Å². The zero-order chi connectivity index (χ0) is 23.2. The highest BCUT2D eigenvalue weighted by atomic mass is 32.1. The lowest BCUT2D eigenvalue weighted by Gasteiger charge is -2.25. The maximum Gasteiger partial charge on any atom is 0.260 e. The van der Waals surface area contributed by atoms with E-state index >= 15 is 0 Å². The van der Waals surface area contributed by atoms with E-state index in [4.69, 9.17) is 4.74 Å². The number of likely N-dealkylation sites (N-methyl/N-ethyl adjacent to an activating group) is 1. The van der Waals surface area contributed by atoms with E-state index in [0.717, 1.165) is 13.1 Å². The summed E-state index contributed by atoms with van der Waals surface area (Å²) in [5, 5.41) is 0.558. The number of fused-ring (bicyclic) bond motifs is 1. The zero-order valence-electron chi connectivity index (χ0n) is 18.7. The number of ether oxygens (including phenoxy) is 1. The third kappa shape index (κ3) is 5.56. The Morgan fingerprint density at radius 1 is 0.939 bits per heavy atom. The molecule has 7 heteroatoms. The standard InChI is InChI=1S/C26H26FN3O2S/c1-3-29(4-2)15-16-30(26-28-23-14-13-20(27)18-24(23)33-26)25(31)19-9-8-12-22(17-19)32-21-10-6-5-7-11-21/h5-14,17-18H,3-4,15-16H2,1-2H3. The van der Waals surface area contributed by atoms with Crippen molar-refractivity contribution in [2.45, 2.75) is 13.8 Å². The number of halogens is 1. The van der Waals surface area contributed by atoms with Gasteiger partial charge >= 0.3 is 0 Å². The minimum atomic E-state index is -0.315. The maximum absolute atomic E-state index is 13.7. The number of rotatable bonds is 9. The molecule has 1 aromatic heterocycles. The van der Waals surface area contributed by atoms with E-state index in [-0.39, 0.29) is 11.7 Å². The largest absolute Gasteiger partial charge is 0.457 e. The van der Waals surface area contributed by atoms with Crippen molar-refractivity contribution in [2.75, 3.05) is 31.1 Å². The Morgan fingerprint density at radius 3 is 2.45 bits per heavy atom. The van der Waals surface area contributed by atoms with Gasteiger partial charge in [-0.1, -0.05) is 49.4 Å². The zero-order valence-corrected chi connectivity index (χ0v) is 19.5. The predicted molar refractivity (Wildman–Crippen MR) is 132 cm³/mol. The van der Waals surface area contributed by atoms with E-state index in [0.29, 0.717) is 45.5 Å². The van der Waals surface area contributed by atoms with Crippen molar-refractivity contribution < 1.29 is 13.9 Å². The molecule has 0 atom stereocenters. The summed E-state index contributed by atoms with van der Waals surface area (Å²) in [5.74, 6) is 0.806. The van der Waals surface area contributed by atoms with Gasteiger partial charge in [0.05, 0.1) is 10.2 Å². The van der Waals surface area contributed by atoms with Crippen molar-refractivity contribution in [1.82, 2.24) is 9.88 Å². The number of anilines is 1. The van der Waals surface area contributed by atoms with Gasteiger partial charge in [-0.2, -0.15) is 0 Å². The van der Waals surface area contributed by atoms with E-state index in [1.807, 2.05) is 42.5 Å². The highest BCUT2D eigenvalue weighted by molar-refractivity contribution is 7.22. The Balaban J connectivity index is 1.64. The minimum Gasteiger partial charge on any atom is -0.457 e. The predicted octanol–water partition coefficient (Wildman–Crippen LogP) is 6.22. The van der Waals surface area contributed by atoms with Crippen molar-refractivity contribution in [2.24, 2.45) is 0 Å². The molecule has 0 radical (unpaired) electrons. The minimum absolute atomic E-state index is 0.166. The topological polar surface area (TPSA) is 45.7 Å². The molecule has 170 valence electrons. The number of benzene rings is 3. The molecule has 0 aliphatic rings. The fraction of sp³-hybridized carbons (Fsp3) is 0.231. The highest BCUT2D eigenvalue weighted by Gasteiger charge is 2.22. The molecule has 4 aromatic rings. The number of nitrogens with zero attached hydrogens (tertiary/aromatic N) is 3. The van der Waals surface area contributed by atoms with Crippen LogP contribution in [0.4, 0.5) is 9.52 Å². The van der Waals surface area contributed by atoms with Gasteiger partial charge in [0.2, 0.25) is 0 Å². The second kappa shape index (κ2) is 10.6. The number of thiazole rings is 1. The Labute approximate surface area is 197 Å². The van der Waals surface area contributed by atoms with Gasteiger partial charge in [0.1, 0.15) is 17.3 Å². The van der Waals surface area contributed by atoms with E-state index in [1.54, 1.807) is 23.1 Å². The molecule has 1 heterocycles. The number of aromatic nitrogens is 1. The maximum atomic E-state index is 13.7. The third-order valence-corrected chi connectivity index (χ3v) is 6.45. The molecule has 3 aromatic carbocycles. The Morgan fingerprint density at radius 2 is 1.70 bits per heavy atom. The van der Waals surface area contributed by atoms with Gasteiger partial charge in [-0.25, -0.2) is 9.37 Å². The normalized spacial score (nSPS) is 11.2. The molecule has 0 saturated carbocycles. The molecule has 0 fully saturated rings. The Hall–Kier alpha value is -3.29. The van der Waals surface area contributed by atoms with Crippen LogP contribution in [0.15, 0.2) is 72.8 Å². The van der Waals surface area contributed by atoms with Crippen LogP contribution in [-0.2, 0) is 0 Å². The molecule has 0 saturated heterocycles. The molecule has 4 rings (SSSR count). The summed E-state index contributed by atoms with van der Waals surface area (Å²) in [7, 11) is 0. The van der Waals surface area contributed by atoms with Crippen LogP contribution in [0.5, 0.6) is 11.5 Å². The van der Waals surface area contributed by atoms with E-state index < -0.39 is 0 Å². The molecule has 1 amide bonds. The van der Waals surface area contributed by atoms with Crippen LogP contribution in [0, 0.1) is 5.82 Å². The van der Waals surface area contributed by atoms with Gasteiger partial charge in [0.25, 0.3) is 5.91 Å². The summed E-state index contributed by atoms with van der Waals surface area (Å²) < 4.78 is 20.3. The van der Waals surface area contributed by atoms with Crippen LogP contribution >= 0.6 is 11.3 Å². The average Bonchev–Trinajstić information content (AvgIpc) is 3.25. The molecular formula is C26H26FN3O2S. The lowest BCUT2D eigenvalue weighted by Crippen LogP contribution is -2.38. The van der Waals surface area contributed by atoms with Crippen LogP contribution in [0.25, 0.3) is 10.2 Å². The third-order valence-electron chi connectivity index (χ3n) is 5.41. The quantitative estimate of drug-likeness (QED) is 0.296. The first-order valence-corrected chi connectivity index (χ1v) is 11.8. The molecule has 0 spiro atoms. The second-order valence-corrected chi connectivity index (χ2v) is 8.54. The molecule has 0 unspecified atom stereocenters. The first-order chi connectivity index (χ1) is 16.1. The van der Waals surface area contributed by atoms with E-state index in [2.05, 4.69) is 23.7 Å². The van der Waals surface area contributed by atoms with Crippen LogP contribution in [0.2, 0.25) is 0 Å². The van der Waals surface area contributed by atoms with Crippen molar-refractivity contribution in [3.8, 4) is 11.5 Å². The van der Waals surface area contributed by atoms with Crippen LogP contribution in [0.1, 0.15) is 24.2 Å². The van der Waals surface area contributed by atoms with Gasteiger partial charge in [0, 0.05) is 18.7 Å². The lowest BCUT2D eigenvalue weighted by molar-refractivity contribution is 0.0983. The number of hydrogen-bond donors (Lipinski definition) is 0. The summed E-state index contributed by atoms with van der Waals surface area (Å²) in [6.07, 6.45) is 0. The van der Waals surface area contributed by atoms with Crippen molar-refractivity contribution in [3.05, 3.63) is 84.2 Å². The SMILES string of the molecule is CCN(CC)CCN(C(=O)c1cccc(Oc2ccccc2)c1)c1nc2ccc(F)cc2s1. The number of carbonyl (C=O) groups excluding carboxylic acids is 1. The average molecular weight is 464 g/mol. The van der Waals surface area contributed by atoms with Crippen LogP contribution < -0.4 is 9.64 Å². The summed E-state index contributed by atoms with van der Waals surface area (Å²) in [6, 6.07) is 21.1. The molecule has 0 aliphatic carbocycles. The number of hydrogen-bond acceptors (Lipinski definition) is 5. The number of carbonyl (C=O) groups is 1. The van der Waals surface area contributed by atoms with Gasteiger partial charge in [-0.3, -0.25) is 9.69 Å². The van der Waals surface area contributed by atoms with Gasteiger partial charge in [0.15, 0.2) is 5.13 Å². The summed E-state index contributed by atoms with van der Waals surface area (Å²) in [6.45, 7) is 7.17. The summed E-state index contributed by atoms with van der Waals surface area (Å²) >= 11 is 1.32. The van der Waals surface area contributed by atoms with Crippen LogP contribution in [-0.4, -0.2) is 42.0 Å². The summed E-state index contributed by atoms with van der Waals surface area (Å²) in [4.78, 5) is 22.2. The van der Waals surface area contributed by atoms with Crippen molar-refractivity contribution >= 4 is 32.6 Å². The molecule has 0 aliphatic heterocycles.